The van der Waals surface area contributed by atoms with Crippen LogP contribution in [0.4, 0.5) is 0 Å². The van der Waals surface area contributed by atoms with Gasteiger partial charge in [0.25, 0.3) is 0 Å². The van der Waals surface area contributed by atoms with Crippen molar-refractivity contribution in [2.45, 2.75) is 59.8 Å². The molecule has 0 N–H and O–H groups in total. The molecule has 136 valence electrons. The van der Waals surface area contributed by atoms with Crippen LogP contribution >= 0.6 is 0 Å². The van der Waals surface area contributed by atoms with E-state index in [2.05, 4.69) is 88.7 Å². The largest absolute Gasteiger partial charge is 0.220 e. The van der Waals surface area contributed by atoms with E-state index in [-0.39, 0.29) is 0 Å². The zero-order chi connectivity index (χ0) is 18.8. The number of fused-ring (bicyclic) bond motifs is 1. The maximum Gasteiger partial charge on any atom is 0.220 e. The molecule has 3 aromatic rings. The first-order valence-corrected chi connectivity index (χ1v) is 10.0. The molecule has 0 unspecified atom stereocenters. The number of aromatic nitrogens is 1. The fourth-order valence-electron chi connectivity index (χ4n) is 4.08. The van der Waals surface area contributed by atoms with E-state index >= 15 is 0 Å². The van der Waals surface area contributed by atoms with Crippen molar-refractivity contribution in [1.29, 1.82) is 0 Å². The van der Waals surface area contributed by atoms with E-state index in [1.165, 1.54) is 57.3 Å². The summed E-state index contributed by atoms with van der Waals surface area (Å²) in [6.07, 6.45) is 3.47. The number of benzene rings is 2. The van der Waals surface area contributed by atoms with Gasteiger partial charge < -0.3 is 0 Å². The summed E-state index contributed by atoms with van der Waals surface area (Å²) in [5.74, 6) is 0.655. The van der Waals surface area contributed by atoms with Crippen LogP contribution in [0.15, 0.2) is 42.5 Å². The molecule has 2 aromatic carbocycles. The Morgan fingerprint density at radius 1 is 0.885 bits per heavy atom. The van der Waals surface area contributed by atoms with Crippen molar-refractivity contribution in [2.75, 3.05) is 0 Å². The second-order valence-corrected chi connectivity index (χ2v) is 7.56. The monoisotopic (exact) mass is 346 g/mol. The molecule has 1 aromatic heterocycles. The van der Waals surface area contributed by atoms with Gasteiger partial charge in [0, 0.05) is 18.6 Å². The van der Waals surface area contributed by atoms with Gasteiger partial charge in [0.05, 0.1) is 5.39 Å². The third-order valence-corrected chi connectivity index (χ3v) is 5.98. The van der Waals surface area contributed by atoms with Crippen molar-refractivity contribution in [3.63, 3.8) is 0 Å². The van der Waals surface area contributed by atoms with Crippen LogP contribution in [0.1, 0.15) is 61.9 Å². The molecule has 0 saturated heterocycles. The summed E-state index contributed by atoms with van der Waals surface area (Å²) in [7, 11) is 2.19. The van der Waals surface area contributed by atoms with E-state index in [0.717, 1.165) is 6.42 Å². The van der Waals surface area contributed by atoms with Gasteiger partial charge >= 0.3 is 0 Å². The lowest BCUT2D eigenvalue weighted by atomic mass is 9.90. The topological polar surface area (TPSA) is 3.88 Å². The molecular formula is C25H32N+. The molecule has 0 fully saturated rings. The number of aryl methyl sites for hydroxylation is 3. The number of pyridine rings is 1. The zero-order valence-electron chi connectivity index (χ0n) is 17.2. The van der Waals surface area contributed by atoms with Crippen LogP contribution in [0.5, 0.6) is 0 Å². The van der Waals surface area contributed by atoms with E-state index in [0.29, 0.717) is 5.92 Å². The van der Waals surface area contributed by atoms with Crippen molar-refractivity contribution in [3.8, 4) is 11.3 Å². The molecule has 0 amide bonds. The summed E-state index contributed by atoms with van der Waals surface area (Å²) in [5, 5.41) is 2.71. The molecule has 0 saturated carbocycles. The highest BCUT2D eigenvalue weighted by Crippen LogP contribution is 2.32. The van der Waals surface area contributed by atoms with Gasteiger partial charge in [-0.1, -0.05) is 45.0 Å². The van der Waals surface area contributed by atoms with E-state index in [1.807, 2.05) is 0 Å². The van der Waals surface area contributed by atoms with Crippen LogP contribution in [-0.2, 0) is 13.5 Å². The van der Waals surface area contributed by atoms with Crippen molar-refractivity contribution in [2.24, 2.45) is 7.05 Å². The molecule has 3 rings (SSSR count). The van der Waals surface area contributed by atoms with E-state index in [4.69, 9.17) is 0 Å². The summed E-state index contributed by atoms with van der Waals surface area (Å²) in [6, 6.07) is 16.3. The summed E-state index contributed by atoms with van der Waals surface area (Å²) < 4.78 is 2.35. The van der Waals surface area contributed by atoms with Gasteiger partial charge in [-0.3, -0.25) is 0 Å². The lowest BCUT2D eigenvalue weighted by Gasteiger charge is -2.15. The minimum absolute atomic E-state index is 0.655. The minimum Gasteiger partial charge on any atom is -0.198 e. The number of nitrogens with zero attached hydrogens (tertiary/aromatic N) is 1. The minimum atomic E-state index is 0.655. The first-order chi connectivity index (χ1) is 12.5. The van der Waals surface area contributed by atoms with Gasteiger partial charge in [0.2, 0.25) is 5.69 Å². The fraction of sp³-hybridized carbons (Fsp3) is 0.400. The Balaban J connectivity index is 2.30. The number of rotatable bonds is 5. The Kier molecular flexibility index (Phi) is 5.46. The maximum atomic E-state index is 2.42. The first kappa shape index (κ1) is 18.6. The van der Waals surface area contributed by atoms with Gasteiger partial charge in [0.15, 0.2) is 5.69 Å². The standard InChI is InChI=1S/C25H32N/c1-7-19-11-10-17(4)24(15-19)25-23-13-12-21(20(8-2)9-3)16-22(23)14-18(5)26(25)6/h10-16,20H,7-9H2,1-6H3/q+1. The van der Waals surface area contributed by atoms with Crippen LogP contribution in [-0.4, -0.2) is 0 Å². The van der Waals surface area contributed by atoms with E-state index < -0.39 is 0 Å². The average Bonchev–Trinajstić information content (AvgIpc) is 2.65. The maximum absolute atomic E-state index is 2.42. The second-order valence-electron chi connectivity index (χ2n) is 7.56. The lowest BCUT2D eigenvalue weighted by molar-refractivity contribution is -0.665. The molecule has 1 heterocycles. The van der Waals surface area contributed by atoms with E-state index in [9.17, 15) is 0 Å². The molecule has 0 radical (unpaired) electrons. The summed E-state index contributed by atoms with van der Waals surface area (Å²) in [6.45, 7) is 11.2. The highest BCUT2D eigenvalue weighted by Gasteiger charge is 2.20. The average molecular weight is 347 g/mol. The van der Waals surface area contributed by atoms with Crippen LogP contribution in [0, 0.1) is 13.8 Å². The third kappa shape index (κ3) is 3.28. The second kappa shape index (κ2) is 7.61. The molecule has 1 heteroatoms. The van der Waals surface area contributed by atoms with Crippen LogP contribution in [0.25, 0.3) is 22.0 Å². The molecule has 0 spiro atoms. The van der Waals surface area contributed by atoms with Crippen LogP contribution < -0.4 is 4.57 Å². The molecule has 26 heavy (non-hydrogen) atoms. The Bertz CT molecular complexity index is 933. The van der Waals surface area contributed by atoms with Gasteiger partial charge in [-0.05, 0) is 66.3 Å². The predicted molar refractivity (Wildman–Crippen MR) is 113 cm³/mol. The Morgan fingerprint density at radius 3 is 2.27 bits per heavy atom. The third-order valence-electron chi connectivity index (χ3n) is 5.98. The molecule has 0 aliphatic heterocycles. The van der Waals surface area contributed by atoms with Crippen molar-refractivity contribution < 1.29 is 4.57 Å². The molecule has 1 nitrogen and oxygen atoms in total. The quantitative estimate of drug-likeness (QED) is 0.470. The Hall–Kier alpha value is -2.15. The SMILES string of the molecule is CCc1ccc(C)c(-c2c3ccc(C(CC)CC)cc3cc(C)[n+]2C)c1. The molecule has 0 aliphatic carbocycles. The van der Waals surface area contributed by atoms with Crippen molar-refractivity contribution in [1.82, 2.24) is 0 Å². The van der Waals surface area contributed by atoms with Gasteiger partial charge in [-0.2, -0.15) is 4.57 Å². The molecule has 0 atom stereocenters. The highest BCUT2D eigenvalue weighted by molar-refractivity contribution is 5.94. The number of hydrogen-bond donors (Lipinski definition) is 0. The number of hydrogen-bond acceptors (Lipinski definition) is 0. The van der Waals surface area contributed by atoms with Gasteiger partial charge in [-0.15, -0.1) is 0 Å². The highest BCUT2D eigenvalue weighted by atomic mass is 14.9. The van der Waals surface area contributed by atoms with Crippen LogP contribution in [0.3, 0.4) is 0 Å². The zero-order valence-corrected chi connectivity index (χ0v) is 17.2. The van der Waals surface area contributed by atoms with Crippen molar-refractivity contribution >= 4 is 10.8 Å². The molecular weight excluding hydrogens is 314 g/mol. The Labute approximate surface area is 158 Å². The molecule has 0 bridgehead atoms. The smallest absolute Gasteiger partial charge is 0.198 e. The van der Waals surface area contributed by atoms with Crippen molar-refractivity contribution in [3.05, 3.63) is 64.8 Å². The molecule has 0 aliphatic rings. The predicted octanol–water partition coefficient (Wildman–Crippen LogP) is 6.41. The normalized spacial score (nSPS) is 11.5. The summed E-state index contributed by atoms with van der Waals surface area (Å²) in [4.78, 5) is 0. The van der Waals surface area contributed by atoms with E-state index in [1.54, 1.807) is 0 Å². The van der Waals surface area contributed by atoms with Gasteiger partial charge in [-0.25, -0.2) is 0 Å². The lowest BCUT2D eigenvalue weighted by Crippen LogP contribution is -2.35. The fourth-order valence-corrected chi connectivity index (χ4v) is 4.08. The van der Waals surface area contributed by atoms with Crippen LogP contribution in [0.2, 0.25) is 0 Å². The summed E-state index contributed by atoms with van der Waals surface area (Å²) >= 11 is 0. The Morgan fingerprint density at radius 2 is 1.62 bits per heavy atom. The first-order valence-electron chi connectivity index (χ1n) is 10.0. The summed E-state index contributed by atoms with van der Waals surface area (Å²) in [5.41, 5.74) is 8.21. The van der Waals surface area contributed by atoms with Gasteiger partial charge in [0.1, 0.15) is 7.05 Å².